The van der Waals surface area contributed by atoms with Crippen LogP contribution in [0.15, 0.2) is 20.8 Å². The Labute approximate surface area is 88.4 Å². The van der Waals surface area contributed by atoms with E-state index in [0.29, 0.717) is 10.6 Å². The van der Waals surface area contributed by atoms with Crippen molar-refractivity contribution in [1.82, 2.24) is 0 Å². The molecule has 62 valence electrons. The maximum atomic E-state index is 8.57. The first-order valence-corrected chi connectivity index (χ1v) is 5.21. The molecule has 1 rings (SSSR count). The van der Waals surface area contributed by atoms with Gasteiger partial charge in [0, 0.05) is 16.5 Å². The van der Waals surface area contributed by atoms with Gasteiger partial charge in [0.1, 0.15) is 0 Å². The van der Waals surface area contributed by atoms with Gasteiger partial charge in [-0.3, -0.25) is 0 Å². The summed E-state index contributed by atoms with van der Waals surface area (Å²) in [6.45, 7) is 1.70. The number of nitrogens with zero attached hydrogens (tertiary/aromatic N) is 1. The lowest BCUT2D eigenvalue weighted by atomic mass is 10.2. The number of nitriles is 1. The van der Waals surface area contributed by atoms with Crippen LogP contribution in [0.5, 0.6) is 0 Å². The minimum Gasteiger partial charge on any atom is -0.193 e. The largest absolute Gasteiger partial charge is 0.193 e. The summed E-state index contributed by atoms with van der Waals surface area (Å²) >= 11 is 10.8. The van der Waals surface area contributed by atoms with Gasteiger partial charge in [0.25, 0.3) is 0 Å². The molecule has 4 heteroatoms. The van der Waals surface area contributed by atoms with Crippen LogP contribution in [0.25, 0.3) is 5.03 Å². The van der Waals surface area contributed by atoms with E-state index in [1.54, 1.807) is 18.3 Å². The van der Waals surface area contributed by atoms with Crippen molar-refractivity contribution >= 4 is 43.9 Å². The van der Waals surface area contributed by atoms with Crippen molar-refractivity contribution in [2.45, 2.75) is 6.92 Å². The summed E-state index contributed by atoms with van der Waals surface area (Å²) in [6.07, 6.45) is 0. The molecule has 1 aromatic heterocycles. The Morgan fingerprint density at radius 2 is 2.42 bits per heavy atom. The first-order valence-electron chi connectivity index (χ1n) is 3.16. The highest BCUT2D eigenvalue weighted by Crippen LogP contribution is 2.29. The van der Waals surface area contributed by atoms with E-state index in [1.807, 2.05) is 17.5 Å². The molecule has 0 atom stereocenters. The topological polar surface area (TPSA) is 23.8 Å². The van der Waals surface area contributed by atoms with Gasteiger partial charge in [0.15, 0.2) is 0 Å². The van der Waals surface area contributed by atoms with Crippen molar-refractivity contribution in [3.05, 3.63) is 26.4 Å². The summed E-state index contributed by atoms with van der Waals surface area (Å²) in [4.78, 5) is 0. The average Bonchev–Trinajstić information content (AvgIpc) is 2.49. The minimum atomic E-state index is 0.527. The first kappa shape index (κ1) is 9.79. The summed E-state index contributed by atoms with van der Waals surface area (Å²) < 4.78 is 1.02. The van der Waals surface area contributed by atoms with Crippen LogP contribution >= 0.6 is 38.9 Å². The third-order valence-electron chi connectivity index (χ3n) is 1.32. The van der Waals surface area contributed by atoms with Crippen LogP contribution in [-0.4, -0.2) is 0 Å². The van der Waals surface area contributed by atoms with E-state index < -0.39 is 0 Å². The molecule has 1 nitrogen and oxygen atoms in total. The maximum absolute atomic E-state index is 8.57. The summed E-state index contributed by atoms with van der Waals surface area (Å²) in [5.41, 5.74) is 1.44. The second-order valence-corrected chi connectivity index (χ2v) is 4.86. The zero-order chi connectivity index (χ0) is 9.14. The number of hydrogen-bond donors (Lipinski definition) is 0. The predicted octanol–water partition coefficient (Wildman–Crippen LogP) is 4.00. The van der Waals surface area contributed by atoms with Gasteiger partial charge in [-0.25, -0.2) is 0 Å². The van der Waals surface area contributed by atoms with E-state index >= 15 is 0 Å². The van der Waals surface area contributed by atoms with Crippen LogP contribution in [-0.2, 0) is 0 Å². The molecule has 0 saturated heterocycles. The number of allylic oxidation sites excluding steroid dienone is 1. The zero-order valence-corrected chi connectivity index (χ0v) is 9.42. The standard InChI is InChI=1S/C8H5BrClNS/c1-5(3-11)8(10)6-2-7(9)12-4-6/h2,4H,1H3. The van der Waals surface area contributed by atoms with Gasteiger partial charge >= 0.3 is 0 Å². The minimum absolute atomic E-state index is 0.527. The normalized spacial score (nSPS) is 12.2. The highest BCUT2D eigenvalue weighted by molar-refractivity contribution is 9.11. The Morgan fingerprint density at radius 3 is 2.83 bits per heavy atom. The number of hydrogen-bond acceptors (Lipinski definition) is 2. The maximum Gasteiger partial charge on any atom is 0.0959 e. The molecule has 0 spiro atoms. The molecule has 12 heavy (non-hydrogen) atoms. The fourth-order valence-electron chi connectivity index (χ4n) is 0.691. The molecule has 0 aliphatic rings. The summed E-state index contributed by atoms with van der Waals surface area (Å²) in [6, 6.07) is 3.91. The lowest BCUT2D eigenvalue weighted by Crippen LogP contribution is -1.75. The monoisotopic (exact) mass is 261 g/mol. The third kappa shape index (κ3) is 2.10. The van der Waals surface area contributed by atoms with E-state index in [9.17, 15) is 0 Å². The molecule has 0 amide bonds. The van der Waals surface area contributed by atoms with Crippen molar-refractivity contribution in [2.75, 3.05) is 0 Å². The van der Waals surface area contributed by atoms with Gasteiger partial charge in [-0.2, -0.15) is 5.26 Å². The molecule has 1 heterocycles. The smallest absolute Gasteiger partial charge is 0.0959 e. The zero-order valence-electron chi connectivity index (χ0n) is 6.27. The second-order valence-electron chi connectivity index (χ2n) is 2.19. The predicted molar refractivity (Wildman–Crippen MR) is 56.1 cm³/mol. The number of halogens is 2. The number of thiophene rings is 1. The molecule has 0 radical (unpaired) electrons. The summed E-state index contributed by atoms with van der Waals surface area (Å²) in [5, 5.41) is 11.0. The quantitative estimate of drug-likeness (QED) is 0.702. The van der Waals surface area contributed by atoms with E-state index in [4.69, 9.17) is 16.9 Å². The van der Waals surface area contributed by atoms with Gasteiger partial charge in [-0.05, 0) is 28.9 Å². The van der Waals surface area contributed by atoms with Gasteiger partial charge in [-0.15, -0.1) is 11.3 Å². The van der Waals surface area contributed by atoms with Crippen LogP contribution in [0.2, 0.25) is 0 Å². The molecule has 0 bridgehead atoms. The van der Waals surface area contributed by atoms with E-state index in [-0.39, 0.29) is 0 Å². The lowest BCUT2D eigenvalue weighted by molar-refractivity contribution is 1.45. The van der Waals surface area contributed by atoms with Crippen LogP contribution < -0.4 is 0 Å². The van der Waals surface area contributed by atoms with Crippen LogP contribution in [0.1, 0.15) is 12.5 Å². The van der Waals surface area contributed by atoms with E-state index in [2.05, 4.69) is 15.9 Å². The molecule has 1 aromatic rings. The average molecular weight is 263 g/mol. The van der Waals surface area contributed by atoms with Gasteiger partial charge in [-0.1, -0.05) is 11.6 Å². The van der Waals surface area contributed by atoms with Crippen molar-refractivity contribution in [1.29, 1.82) is 5.26 Å². The molecule has 0 aromatic carbocycles. The van der Waals surface area contributed by atoms with Crippen molar-refractivity contribution in [3.8, 4) is 6.07 Å². The van der Waals surface area contributed by atoms with Crippen molar-refractivity contribution < 1.29 is 0 Å². The van der Waals surface area contributed by atoms with E-state index in [1.165, 1.54) is 0 Å². The van der Waals surface area contributed by atoms with Crippen molar-refractivity contribution in [2.24, 2.45) is 0 Å². The Morgan fingerprint density at radius 1 is 1.75 bits per heavy atom. The van der Waals surface area contributed by atoms with Crippen molar-refractivity contribution in [3.63, 3.8) is 0 Å². The summed E-state index contributed by atoms with van der Waals surface area (Å²) in [5.74, 6) is 0. The lowest BCUT2D eigenvalue weighted by Gasteiger charge is -1.93. The SMILES string of the molecule is CC(C#N)=C(Cl)c1csc(Br)c1. The molecular formula is C8H5BrClNS. The Balaban J connectivity index is 3.09. The Bertz CT molecular complexity index is 361. The van der Waals surface area contributed by atoms with Crippen LogP contribution in [0.3, 0.4) is 0 Å². The Hall–Kier alpha value is -0.300. The fraction of sp³-hybridized carbons (Fsp3) is 0.125. The second kappa shape index (κ2) is 4.08. The van der Waals surface area contributed by atoms with Crippen LogP contribution in [0, 0.1) is 11.3 Å². The van der Waals surface area contributed by atoms with Gasteiger partial charge in [0.2, 0.25) is 0 Å². The van der Waals surface area contributed by atoms with Gasteiger partial charge < -0.3 is 0 Å². The molecule has 0 aliphatic carbocycles. The molecule has 0 unspecified atom stereocenters. The third-order valence-corrected chi connectivity index (χ3v) is 3.32. The van der Waals surface area contributed by atoms with Crippen LogP contribution in [0.4, 0.5) is 0 Å². The molecular weight excluding hydrogens is 258 g/mol. The molecule has 0 saturated carbocycles. The Kier molecular flexibility index (Phi) is 3.33. The summed E-state index contributed by atoms with van der Waals surface area (Å²) in [7, 11) is 0. The number of rotatable bonds is 1. The molecule has 0 aliphatic heterocycles. The fourth-order valence-corrected chi connectivity index (χ4v) is 2.05. The molecule has 0 N–H and O–H groups in total. The highest BCUT2D eigenvalue weighted by Gasteiger charge is 2.04. The van der Waals surface area contributed by atoms with Gasteiger partial charge in [0.05, 0.1) is 14.9 Å². The molecule has 0 fully saturated rings. The highest BCUT2D eigenvalue weighted by atomic mass is 79.9. The van der Waals surface area contributed by atoms with E-state index in [0.717, 1.165) is 9.35 Å². The first-order chi connectivity index (χ1) is 5.65.